The fraction of sp³-hybridized carbons (Fsp3) is 0.692. The van der Waals surface area contributed by atoms with E-state index in [0.29, 0.717) is 12.8 Å². The number of nitrogens with two attached hydrogens (primary N) is 3. The summed E-state index contributed by atoms with van der Waals surface area (Å²) in [6, 6.07) is -10.7. The van der Waals surface area contributed by atoms with Crippen molar-refractivity contribution in [2.45, 2.75) is 194 Å². The van der Waals surface area contributed by atoms with Gasteiger partial charge in [-0.2, -0.15) is 0 Å². The van der Waals surface area contributed by atoms with E-state index in [2.05, 4.69) is 38.8 Å². The lowest BCUT2D eigenvalue weighted by Gasteiger charge is -2.38. The Balaban J connectivity index is 2.12. The number of amides is 10. The fourth-order valence-corrected chi connectivity index (χ4v) is 9.23. The van der Waals surface area contributed by atoms with Crippen molar-refractivity contribution in [1.29, 1.82) is 0 Å². The summed E-state index contributed by atoms with van der Waals surface area (Å²) in [7, 11) is 0. The van der Waals surface area contributed by atoms with Crippen LogP contribution in [0.25, 0.3) is 0 Å². The summed E-state index contributed by atoms with van der Waals surface area (Å²) in [4.78, 5) is 134. The molecule has 0 bridgehead atoms. The second kappa shape index (κ2) is 37.3. The molecule has 3 rings (SSSR count). The number of aliphatic hydroxyl groups is 9. The molecule has 2 aliphatic rings. The van der Waals surface area contributed by atoms with Crippen LogP contribution in [0.4, 0.5) is 0 Å². The number of carbonyl (C=O) groups excluding carboxylic acids is 10. The number of aliphatic hydroxyl groups excluding tert-OH is 9. The third-order valence-electron chi connectivity index (χ3n) is 14.1. The topological polar surface area (TPSA) is 566 Å². The highest BCUT2D eigenvalue weighted by Crippen LogP contribution is 2.29. The number of rotatable bonds is 24. The van der Waals surface area contributed by atoms with E-state index < -0.39 is 214 Å². The average Bonchev–Trinajstić information content (AvgIpc) is 2.25. The number of hydrogen-bond acceptors (Lipinski definition) is 23. The largest absolute Gasteiger partial charge is 0.506 e. The van der Waals surface area contributed by atoms with Gasteiger partial charge in [0.2, 0.25) is 59.1 Å². The van der Waals surface area contributed by atoms with Gasteiger partial charge >= 0.3 is 0 Å². The Morgan fingerprint density at radius 1 is 0.709 bits per heavy atom. The van der Waals surface area contributed by atoms with Gasteiger partial charge in [-0.25, -0.2) is 0 Å². The van der Waals surface area contributed by atoms with E-state index in [1.165, 1.54) is 0 Å². The number of aromatic hydroxyl groups is 1. The van der Waals surface area contributed by atoms with E-state index in [1.54, 1.807) is 0 Å². The van der Waals surface area contributed by atoms with E-state index in [9.17, 15) is 99.0 Å². The van der Waals surface area contributed by atoms with Crippen LogP contribution in [-0.4, -0.2) is 234 Å². The summed E-state index contributed by atoms with van der Waals surface area (Å²) in [6.07, 6.45) is -12.6. The molecule has 0 radical (unpaired) electrons. The SMILES string of the molecule is CCCCCCCCCCCC(O[C@@H]1OC[C@@H](O)[C@H](O)[C@H]1O)C(O)C(O)CC1CC(=O)N[C@@H](CO)C(=O)NC(C(O)c2ccc(O)c(Cl)c2)C(=O)NCCC(N)C(=O)NCC(=O)NC(CC(N)=O)C(=O)N[C@@H](CO)C(=O)NC(C(O)C(N)=O)C(=O)N1. The molecule has 0 aliphatic carbocycles. The predicted octanol–water partition coefficient (Wildman–Crippen LogP) is -8.10. The molecule has 24 N–H and O–H groups in total. The van der Waals surface area contributed by atoms with Crippen LogP contribution in [0.15, 0.2) is 18.2 Å². The quantitative estimate of drug-likeness (QED) is 0.0428. The summed E-state index contributed by atoms with van der Waals surface area (Å²) < 4.78 is 11.3. The highest BCUT2D eigenvalue weighted by Gasteiger charge is 2.43. The smallest absolute Gasteiger partial charge is 0.248 e. The third-order valence-corrected chi connectivity index (χ3v) is 14.4. The average molecular weight is 1250 g/mol. The fourth-order valence-electron chi connectivity index (χ4n) is 9.04. The zero-order chi connectivity index (χ0) is 64.4. The number of hydrogen-bond donors (Lipinski definition) is 21. The van der Waals surface area contributed by atoms with Crippen molar-refractivity contribution in [1.82, 2.24) is 42.5 Å². The van der Waals surface area contributed by atoms with E-state index in [-0.39, 0.29) is 23.4 Å². The van der Waals surface area contributed by atoms with Gasteiger partial charge in [0.1, 0.15) is 66.5 Å². The van der Waals surface area contributed by atoms with Crippen molar-refractivity contribution in [3.63, 3.8) is 0 Å². The summed E-state index contributed by atoms with van der Waals surface area (Å²) >= 11 is 6.06. The zero-order valence-electron chi connectivity index (χ0n) is 47.4. The Labute approximate surface area is 499 Å². The molecular weight excluding hydrogens is 1170 g/mol. The van der Waals surface area contributed by atoms with Gasteiger partial charge in [0.05, 0.1) is 56.1 Å². The van der Waals surface area contributed by atoms with E-state index in [0.717, 1.165) is 63.1 Å². The number of ether oxygens (including phenoxy) is 2. The first-order valence-corrected chi connectivity index (χ1v) is 28.4. The summed E-state index contributed by atoms with van der Waals surface area (Å²) in [6.45, 7) is -2.35. The molecule has 10 amide bonds. The molecule has 486 valence electrons. The van der Waals surface area contributed by atoms with E-state index >= 15 is 0 Å². The molecule has 0 aromatic heterocycles. The van der Waals surface area contributed by atoms with Gasteiger partial charge in [-0.3, -0.25) is 47.9 Å². The van der Waals surface area contributed by atoms with Gasteiger partial charge < -0.3 is 120 Å². The van der Waals surface area contributed by atoms with Crippen LogP contribution in [0.1, 0.15) is 108 Å². The molecule has 2 heterocycles. The van der Waals surface area contributed by atoms with Crippen molar-refractivity contribution in [2.75, 3.05) is 32.9 Å². The van der Waals surface area contributed by atoms with E-state index in [4.69, 9.17) is 38.3 Å². The first-order valence-electron chi connectivity index (χ1n) is 28.1. The Morgan fingerprint density at radius 2 is 1.29 bits per heavy atom. The minimum absolute atomic E-state index is 0.0425. The van der Waals surface area contributed by atoms with Gasteiger partial charge in [-0.1, -0.05) is 82.4 Å². The van der Waals surface area contributed by atoms with Gasteiger partial charge in [0.25, 0.3) is 0 Å². The first-order chi connectivity index (χ1) is 40.6. The molecule has 34 heteroatoms. The molecule has 1 aromatic carbocycles. The molecule has 16 atom stereocenters. The van der Waals surface area contributed by atoms with Crippen LogP contribution in [0.2, 0.25) is 5.02 Å². The summed E-state index contributed by atoms with van der Waals surface area (Å²) in [5.74, 6) is -13.8. The summed E-state index contributed by atoms with van der Waals surface area (Å²) in [5.41, 5.74) is 16.4. The van der Waals surface area contributed by atoms with Crippen molar-refractivity contribution < 1.29 is 108 Å². The second-order valence-electron chi connectivity index (χ2n) is 21.0. The Bertz CT molecular complexity index is 2440. The van der Waals surface area contributed by atoms with Crippen LogP contribution < -0.4 is 59.7 Å². The number of phenolic OH excluding ortho intramolecular Hbond substituents is 1. The number of halogens is 1. The van der Waals surface area contributed by atoms with Crippen molar-refractivity contribution in [2.24, 2.45) is 17.2 Å². The molecule has 2 aliphatic heterocycles. The first kappa shape index (κ1) is 73.8. The lowest BCUT2D eigenvalue weighted by atomic mass is 9.94. The van der Waals surface area contributed by atoms with Crippen molar-refractivity contribution >= 4 is 70.7 Å². The number of unbranched alkanes of at least 4 members (excludes halogenated alkanes) is 8. The third kappa shape index (κ3) is 24.0. The number of phenols is 1. The molecule has 1 aromatic rings. The van der Waals surface area contributed by atoms with Crippen LogP contribution in [0, 0.1) is 0 Å². The predicted molar refractivity (Wildman–Crippen MR) is 297 cm³/mol. The molecular formula is C52H84ClN11O22. The normalized spacial score (nSPS) is 27.6. The molecule has 10 unspecified atom stereocenters. The maximum atomic E-state index is 14.3. The van der Waals surface area contributed by atoms with Crippen molar-refractivity contribution in [3.8, 4) is 5.75 Å². The number of benzene rings is 1. The lowest BCUT2D eigenvalue weighted by molar-refractivity contribution is -0.293. The highest BCUT2D eigenvalue weighted by molar-refractivity contribution is 6.32. The van der Waals surface area contributed by atoms with Gasteiger partial charge in [0, 0.05) is 19.0 Å². The van der Waals surface area contributed by atoms with Gasteiger partial charge in [-0.15, -0.1) is 0 Å². The number of nitrogens with one attached hydrogen (secondary N) is 8. The van der Waals surface area contributed by atoms with Crippen LogP contribution in [0.5, 0.6) is 5.75 Å². The number of primary amides is 2. The highest BCUT2D eigenvalue weighted by atomic mass is 35.5. The molecule has 0 saturated carbocycles. The molecule has 86 heavy (non-hydrogen) atoms. The Kier molecular flexibility index (Phi) is 32.0. The van der Waals surface area contributed by atoms with Gasteiger partial charge in [-0.05, 0) is 37.0 Å². The number of carbonyl (C=O) groups is 10. The molecule has 2 saturated heterocycles. The zero-order valence-corrected chi connectivity index (χ0v) is 48.1. The molecule has 2 fully saturated rings. The van der Waals surface area contributed by atoms with Crippen molar-refractivity contribution in [3.05, 3.63) is 28.8 Å². The monoisotopic (exact) mass is 1250 g/mol. The van der Waals surface area contributed by atoms with Crippen LogP contribution >= 0.6 is 11.6 Å². The maximum absolute atomic E-state index is 14.3. The minimum Gasteiger partial charge on any atom is -0.506 e. The van der Waals surface area contributed by atoms with Crippen LogP contribution in [-0.2, 0) is 57.4 Å². The Morgan fingerprint density at radius 3 is 1.88 bits per heavy atom. The lowest BCUT2D eigenvalue weighted by Crippen LogP contribution is -2.63. The standard InChI is InChI=1S/C52H84ClN11O22/c1-2-3-4-5-6-7-8-9-10-11-34(86-52-44(77)42(75)33(69)23-85-52)41(74)32(68)17-25-18-36(71)61-29(21-65)48(81)63-38(40(73)24-12-13-31(67)26(53)16-24)50(83)57-15-14-27(54)46(79)58-20-37(72)60-28(19-35(55)70)47(80)62-30(22-66)49(82)64-39(51(84)59-25)43(76)45(56)78/h12-13,16,25,27-30,32-34,38-44,52,65-69,73-77H,2-11,14-15,17-23,54H2,1H3,(H2,55,70)(H2,56,78)(H,57,83)(H,58,79)(H,59,84)(H,60,72)(H,61,71)(H,62,80)(H,63,81)(H,64,82)/t25?,27?,28?,29-,30-,32?,33+,34?,38?,39?,40?,41?,42-,43?,44+,52-/m0/s1. The minimum atomic E-state index is -2.68. The molecule has 33 nitrogen and oxygen atoms in total. The van der Waals surface area contributed by atoms with Gasteiger partial charge in [0.15, 0.2) is 12.4 Å². The second-order valence-corrected chi connectivity index (χ2v) is 21.4. The summed E-state index contributed by atoms with van der Waals surface area (Å²) in [5, 5.41) is 125. The van der Waals surface area contributed by atoms with E-state index in [1.807, 2.05) is 10.6 Å². The Hall–Kier alpha value is -6.47. The van der Waals surface area contributed by atoms with Crippen LogP contribution in [0.3, 0.4) is 0 Å². The molecule has 0 spiro atoms. The maximum Gasteiger partial charge on any atom is 0.248 e.